The number of halogens is 3. The van der Waals surface area contributed by atoms with E-state index < -0.39 is 43.2 Å². The molecule has 0 bridgehead atoms. The van der Waals surface area contributed by atoms with E-state index in [9.17, 15) is 27.9 Å². The zero-order valence-corrected chi connectivity index (χ0v) is 9.85. The summed E-state index contributed by atoms with van der Waals surface area (Å²) in [5.74, 6) is -2.39. The Balaban J connectivity index is 2.57. The van der Waals surface area contributed by atoms with Crippen LogP contribution in [0.25, 0.3) is 0 Å². The van der Waals surface area contributed by atoms with Crippen LogP contribution in [-0.2, 0) is 9.53 Å². The average molecular weight is 286 g/mol. The summed E-state index contributed by atoms with van der Waals surface area (Å²) in [5, 5.41) is 19.4. The fourth-order valence-corrected chi connectivity index (χ4v) is 1.51. The van der Waals surface area contributed by atoms with E-state index in [1.807, 2.05) is 0 Å². The summed E-state index contributed by atoms with van der Waals surface area (Å²) in [7, 11) is 1.11. The quantitative estimate of drug-likeness (QED) is 0.616. The molecule has 3 N–H and O–H groups in total. The molecule has 1 aliphatic heterocycles. The third-order valence-electron chi connectivity index (χ3n) is 2.61. The number of hydrogen-bond acceptors (Lipinski definition) is 5. The maximum Gasteiger partial charge on any atom is 0.471 e. The first kappa shape index (κ1) is 15.7. The highest BCUT2D eigenvalue weighted by Crippen LogP contribution is 2.22. The smallest absolute Gasteiger partial charge is 0.394 e. The number of alkyl halides is 3. The number of aliphatic hydroxyl groups excluding tert-OH is 2. The lowest BCUT2D eigenvalue weighted by Gasteiger charge is -2.24. The van der Waals surface area contributed by atoms with Gasteiger partial charge in [0.25, 0.3) is 0 Å². The third kappa shape index (κ3) is 3.78. The number of amides is 3. The van der Waals surface area contributed by atoms with Crippen molar-refractivity contribution in [3.05, 3.63) is 0 Å². The van der Waals surface area contributed by atoms with Crippen LogP contribution in [0.4, 0.5) is 18.0 Å². The van der Waals surface area contributed by atoms with Crippen molar-refractivity contribution in [3.8, 4) is 0 Å². The second kappa shape index (κ2) is 5.72. The topological polar surface area (TPSA) is 99.1 Å². The predicted octanol–water partition coefficient (Wildman–Crippen LogP) is -0.815. The Bertz CT molecular complexity index is 362. The van der Waals surface area contributed by atoms with Crippen molar-refractivity contribution >= 4 is 11.9 Å². The zero-order valence-electron chi connectivity index (χ0n) is 9.85. The number of urea groups is 1. The summed E-state index contributed by atoms with van der Waals surface area (Å²) < 4.78 is 40.9. The Kier molecular flexibility index (Phi) is 4.71. The Morgan fingerprint density at radius 3 is 2.47 bits per heavy atom. The van der Waals surface area contributed by atoms with E-state index in [0.29, 0.717) is 4.90 Å². The molecule has 1 saturated heterocycles. The third-order valence-corrected chi connectivity index (χ3v) is 2.61. The molecular formula is C9H13F3N2O5. The van der Waals surface area contributed by atoms with Crippen molar-refractivity contribution in [2.24, 2.45) is 0 Å². The van der Waals surface area contributed by atoms with Gasteiger partial charge in [0.2, 0.25) is 0 Å². The van der Waals surface area contributed by atoms with Crippen LogP contribution in [0.5, 0.6) is 0 Å². The average Bonchev–Trinajstić information content (AvgIpc) is 2.68. The van der Waals surface area contributed by atoms with E-state index in [-0.39, 0.29) is 6.42 Å². The fraction of sp³-hybridized carbons (Fsp3) is 0.778. The molecule has 0 radical (unpaired) electrons. The SMILES string of the molecule is CN(C(=O)NC(=O)C(F)(F)F)C1CC(O)C(CO)O1. The minimum atomic E-state index is -5.17. The van der Waals surface area contributed by atoms with Crippen LogP contribution in [0.3, 0.4) is 0 Å². The highest BCUT2D eigenvalue weighted by molar-refractivity contribution is 5.97. The summed E-state index contributed by atoms with van der Waals surface area (Å²) in [5.41, 5.74) is 0. The van der Waals surface area contributed by atoms with Crippen LogP contribution < -0.4 is 5.32 Å². The molecule has 0 spiro atoms. The van der Waals surface area contributed by atoms with Crippen LogP contribution in [0, 0.1) is 0 Å². The van der Waals surface area contributed by atoms with Gasteiger partial charge in [-0.15, -0.1) is 0 Å². The molecule has 19 heavy (non-hydrogen) atoms. The Hall–Kier alpha value is -1.39. The molecule has 1 fully saturated rings. The first-order valence-corrected chi connectivity index (χ1v) is 5.26. The number of imide groups is 1. The monoisotopic (exact) mass is 286 g/mol. The second-order valence-electron chi connectivity index (χ2n) is 3.98. The van der Waals surface area contributed by atoms with Gasteiger partial charge < -0.3 is 19.8 Å². The summed E-state index contributed by atoms with van der Waals surface area (Å²) >= 11 is 0. The number of aliphatic hydroxyl groups is 2. The number of nitrogens with zero attached hydrogens (tertiary/aromatic N) is 1. The molecule has 1 rings (SSSR count). The van der Waals surface area contributed by atoms with E-state index >= 15 is 0 Å². The van der Waals surface area contributed by atoms with Gasteiger partial charge in [-0.05, 0) is 0 Å². The van der Waals surface area contributed by atoms with Gasteiger partial charge in [0.1, 0.15) is 12.3 Å². The molecule has 0 aromatic rings. The number of carbonyl (C=O) groups excluding carboxylic acids is 2. The maximum absolute atomic E-state index is 11.9. The highest BCUT2D eigenvalue weighted by Gasteiger charge is 2.42. The Morgan fingerprint density at radius 1 is 1.47 bits per heavy atom. The van der Waals surface area contributed by atoms with E-state index in [1.54, 1.807) is 0 Å². The lowest BCUT2D eigenvalue weighted by molar-refractivity contribution is -0.172. The van der Waals surface area contributed by atoms with E-state index in [4.69, 9.17) is 9.84 Å². The lowest BCUT2D eigenvalue weighted by atomic mass is 10.2. The van der Waals surface area contributed by atoms with Crippen LogP contribution in [-0.4, -0.2) is 65.3 Å². The van der Waals surface area contributed by atoms with Crippen molar-refractivity contribution in [2.75, 3.05) is 13.7 Å². The van der Waals surface area contributed by atoms with E-state index in [1.165, 1.54) is 0 Å². The lowest BCUT2D eigenvalue weighted by Crippen LogP contribution is -2.49. The van der Waals surface area contributed by atoms with Crippen molar-refractivity contribution in [3.63, 3.8) is 0 Å². The standard InChI is InChI=1S/C9H13F3N2O5/c1-14(6-2-4(16)5(3-15)19-6)8(18)13-7(17)9(10,11)12/h4-6,15-16H,2-3H2,1H3,(H,13,17,18). The molecule has 10 heteroatoms. The molecule has 3 unspecified atom stereocenters. The van der Waals surface area contributed by atoms with Crippen molar-refractivity contribution < 1.29 is 37.7 Å². The normalized spacial score (nSPS) is 27.2. The minimum Gasteiger partial charge on any atom is -0.394 e. The van der Waals surface area contributed by atoms with Gasteiger partial charge in [0.05, 0.1) is 12.7 Å². The number of hydrogen-bond donors (Lipinski definition) is 3. The van der Waals surface area contributed by atoms with Crippen LogP contribution in [0.15, 0.2) is 0 Å². The largest absolute Gasteiger partial charge is 0.471 e. The number of carbonyl (C=O) groups is 2. The van der Waals surface area contributed by atoms with Gasteiger partial charge in [-0.3, -0.25) is 10.1 Å². The van der Waals surface area contributed by atoms with Crippen LogP contribution in [0.1, 0.15) is 6.42 Å². The van der Waals surface area contributed by atoms with Gasteiger partial charge in [-0.25, -0.2) is 4.79 Å². The summed E-state index contributed by atoms with van der Waals surface area (Å²) in [4.78, 5) is 22.6. The van der Waals surface area contributed by atoms with Crippen molar-refractivity contribution in [1.82, 2.24) is 10.2 Å². The first-order chi connectivity index (χ1) is 8.66. The van der Waals surface area contributed by atoms with Gasteiger partial charge >= 0.3 is 18.1 Å². The molecule has 0 aromatic heterocycles. The minimum absolute atomic E-state index is 0.0741. The molecule has 0 aromatic carbocycles. The zero-order chi connectivity index (χ0) is 14.8. The number of ether oxygens (including phenoxy) is 1. The molecule has 1 heterocycles. The molecule has 3 amide bonds. The van der Waals surface area contributed by atoms with Gasteiger partial charge in [-0.2, -0.15) is 13.2 Å². The van der Waals surface area contributed by atoms with Gasteiger partial charge in [-0.1, -0.05) is 0 Å². The first-order valence-electron chi connectivity index (χ1n) is 5.26. The number of rotatable bonds is 2. The van der Waals surface area contributed by atoms with Crippen molar-refractivity contribution in [2.45, 2.75) is 31.0 Å². The fourth-order valence-electron chi connectivity index (χ4n) is 1.51. The second-order valence-corrected chi connectivity index (χ2v) is 3.98. The van der Waals surface area contributed by atoms with Crippen LogP contribution >= 0.6 is 0 Å². The summed E-state index contributed by atoms with van der Waals surface area (Å²) in [6, 6.07) is -1.31. The number of nitrogens with one attached hydrogen (secondary N) is 1. The molecule has 110 valence electrons. The van der Waals surface area contributed by atoms with Crippen LogP contribution in [0.2, 0.25) is 0 Å². The molecule has 0 aliphatic carbocycles. The Morgan fingerprint density at radius 2 is 2.05 bits per heavy atom. The molecular weight excluding hydrogens is 273 g/mol. The van der Waals surface area contributed by atoms with Gasteiger partial charge in [0, 0.05) is 13.5 Å². The Labute approximate surface area is 105 Å². The predicted molar refractivity (Wildman–Crippen MR) is 53.7 cm³/mol. The van der Waals surface area contributed by atoms with E-state index in [2.05, 4.69) is 0 Å². The molecule has 3 atom stereocenters. The summed E-state index contributed by atoms with van der Waals surface area (Å²) in [6.45, 7) is -0.491. The maximum atomic E-state index is 11.9. The van der Waals surface area contributed by atoms with Gasteiger partial charge in [0.15, 0.2) is 0 Å². The molecule has 0 saturated carbocycles. The van der Waals surface area contributed by atoms with Crippen molar-refractivity contribution in [1.29, 1.82) is 0 Å². The molecule has 7 nitrogen and oxygen atoms in total. The summed E-state index contributed by atoms with van der Waals surface area (Å²) in [6.07, 6.45) is -8.22. The highest BCUT2D eigenvalue weighted by atomic mass is 19.4. The van der Waals surface area contributed by atoms with E-state index in [0.717, 1.165) is 12.4 Å². The molecule has 1 aliphatic rings.